The van der Waals surface area contributed by atoms with Crippen LogP contribution in [0.15, 0.2) is 174 Å². The van der Waals surface area contributed by atoms with Crippen molar-refractivity contribution >= 4 is 92.7 Å². The van der Waals surface area contributed by atoms with E-state index in [1.807, 2.05) is 36.4 Å². The van der Waals surface area contributed by atoms with Crippen LogP contribution >= 0.6 is 0 Å². The first-order valence-electron chi connectivity index (χ1n) is 18.7. The van der Waals surface area contributed by atoms with Crippen molar-refractivity contribution in [2.45, 2.75) is 0 Å². The van der Waals surface area contributed by atoms with Crippen LogP contribution in [0.1, 0.15) is 0 Å². The molecule has 0 aliphatic heterocycles. The topological polar surface area (TPSA) is 48.3 Å². The fraction of sp³-hybridized carbons (Fsp3) is 0. The van der Waals surface area contributed by atoms with E-state index in [0.29, 0.717) is 11.4 Å². The molecule has 0 spiro atoms. The summed E-state index contributed by atoms with van der Waals surface area (Å²) in [6.07, 6.45) is 0. The molecule has 13 rings (SSSR count). The summed E-state index contributed by atoms with van der Waals surface area (Å²) in [7, 11) is 0. The third-order valence-electron chi connectivity index (χ3n) is 11.6. The van der Waals surface area contributed by atoms with Gasteiger partial charge in [-0.2, -0.15) is 0 Å². The number of fused-ring (bicyclic) bond motifs is 14. The van der Waals surface area contributed by atoms with Gasteiger partial charge in [-0.05, 0) is 65.4 Å². The lowest BCUT2D eigenvalue weighted by molar-refractivity contribution is 0.667. The zero-order valence-corrected chi connectivity index (χ0v) is 29.4. The molecule has 0 saturated carbocycles. The molecular weight excluding hydrogens is 673 g/mol. The normalized spacial score (nSPS) is 12.4. The summed E-state index contributed by atoms with van der Waals surface area (Å²) in [5.74, 6) is 0.675. The van der Waals surface area contributed by atoms with Gasteiger partial charge in [0.05, 0.1) is 27.6 Å². The van der Waals surface area contributed by atoms with Crippen molar-refractivity contribution in [3.8, 4) is 28.3 Å². The molecule has 5 aromatic heterocycles. The Morgan fingerprint density at radius 2 is 1.11 bits per heavy atom. The smallest absolute Gasteiger partial charge is 0.180 e. The lowest BCUT2D eigenvalue weighted by Crippen LogP contribution is -1.96. The van der Waals surface area contributed by atoms with E-state index in [0.717, 1.165) is 39.0 Å². The van der Waals surface area contributed by atoms with Gasteiger partial charge in [-0.15, -0.1) is 0 Å². The summed E-state index contributed by atoms with van der Waals surface area (Å²) in [6.45, 7) is 0. The quantitative estimate of drug-likeness (QED) is 0.184. The first-order chi connectivity index (χ1) is 27.3. The number of hydrogen-bond donors (Lipinski definition) is 0. The first kappa shape index (κ1) is 29.0. The van der Waals surface area contributed by atoms with Crippen molar-refractivity contribution < 1.29 is 4.42 Å². The Morgan fingerprint density at radius 3 is 1.93 bits per heavy atom. The minimum Gasteiger partial charge on any atom is -0.452 e. The van der Waals surface area contributed by atoms with Gasteiger partial charge in [0.2, 0.25) is 0 Å². The Hall–Kier alpha value is -7.50. The Bertz CT molecular complexity index is 3700. The lowest BCUT2D eigenvalue weighted by atomic mass is 10.0. The number of rotatable bonds is 3. The van der Waals surface area contributed by atoms with Crippen molar-refractivity contribution in [3.63, 3.8) is 0 Å². The maximum absolute atomic E-state index is 6.48. The Balaban J connectivity index is 1.12. The fourth-order valence-electron chi connectivity index (χ4n) is 9.25. The predicted molar refractivity (Wildman–Crippen MR) is 227 cm³/mol. The van der Waals surface area contributed by atoms with E-state index in [1.54, 1.807) is 0 Å². The van der Waals surface area contributed by atoms with Gasteiger partial charge in [0.15, 0.2) is 11.4 Å². The molecule has 55 heavy (non-hydrogen) atoms. The van der Waals surface area contributed by atoms with Crippen LogP contribution < -0.4 is 0 Å². The molecule has 5 heteroatoms. The minimum atomic E-state index is 0.675. The Morgan fingerprint density at radius 1 is 0.436 bits per heavy atom. The summed E-state index contributed by atoms with van der Waals surface area (Å²) in [5, 5.41) is 11.1. The maximum atomic E-state index is 6.48. The van der Waals surface area contributed by atoms with E-state index >= 15 is 0 Å². The third-order valence-corrected chi connectivity index (χ3v) is 11.6. The summed E-state index contributed by atoms with van der Waals surface area (Å²) in [6, 6.07) is 60.6. The van der Waals surface area contributed by atoms with Crippen LogP contribution in [0.25, 0.3) is 121 Å². The Labute approximate surface area is 313 Å². The van der Waals surface area contributed by atoms with E-state index in [9.17, 15) is 0 Å². The van der Waals surface area contributed by atoms with Gasteiger partial charge in [0.25, 0.3) is 0 Å². The van der Waals surface area contributed by atoms with Gasteiger partial charge in [-0.25, -0.2) is 9.97 Å². The van der Waals surface area contributed by atoms with Crippen LogP contribution in [0.3, 0.4) is 0 Å². The standard InChI is InChI=1S/C50H28N4O/c1-2-12-30(13-3-1)50-51-46(49-47(52-50)36-18-8-11-21-43(36)55-49)29-22-24-33(25-23-29)53-41-27-32-15-5-4-14-31(32)26-38(41)44-42(53)28-37-34-16-6-9-19-39(34)54-40-20-10-7-17-35(40)45(44)48(37)54/h1-28H. The summed E-state index contributed by atoms with van der Waals surface area (Å²) in [5.41, 5.74) is 12.2. The number of aromatic nitrogens is 4. The number of furan rings is 1. The van der Waals surface area contributed by atoms with E-state index in [1.165, 1.54) is 70.7 Å². The molecule has 0 amide bonds. The number of nitrogens with zero attached hydrogens (tertiary/aromatic N) is 4. The summed E-state index contributed by atoms with van der Waals surface area (Å²) in [4.78, 5) is 10.2. The molecule has 0 fully saturated rings. The van der Waals surface area contributed by atoms with Crippen LogP contribution in [-0.2, 0) is 0 Å². The van der Waals surface area contributed by atoms with E-state index < -0.39 is 0 Å². The van der Waals surface area contributed by atoms with Crippen LogP contribution in [0.5, 0.6) is 0 Å². The van der Waals surface area contributed by atoms with Gasteiger partial charge < -0.3 is 13.4 Å². The summed E-state index contributed by atoms with van der Waals surface area (Å²) >= 11 is 0. The molecule has 5 heterocycles. The zero-order valence-electron chi connectivity index (χ0n) is 29.4. The predicted octanol–water partition coefficient (Wildman–Crippen LogP) is 13.1. The number of para-hydroxylation sites is 3. The molecule has 0 aliphatic rings. The molecule has 5 nitrogen and oxygen atoms in total. The van der Waals surface area contributed by atoms with E-state index in [4.69, 9.17) is 14.4 Å². The monoisotopic (exact) mass is 700 g/mol. The van der Waals surface area contributed by atoms with Gasteiger partial charge in [0, 0.05) is 54.5 Å². The average molecular weight is 701 g/mol. The van der Waals surface area contributed by atoms with Gasteiger partial charge in [-0.3, -0.25) is 0 Å². The number of hydrogen-bond acceptors (Lipinski definition) is 3. The second-order valence-electron chi connectivity index (χ2n) is 14.5. The van der Waals surface area contributed by atoms with Crippen LogP contribution in [0.4, 0.5) is 0 Å². The molecule has 0 aliphatic carbocycles. The molecular formula is C50H28N4O. The third kappa shape index (κ3) is 3.86. The molecule has 0 radical (unpaired) electrons. The van der Waals surface area contributed by atoms with Crippen molar-refractivity contribution in [2.24, 2.45) is 0 Å². The number of benzene rings is 8. The second-order valence-corrected chi connectivity index (χ2v) is 14.5. The molecule has 254 valence electrons. The highest BCUT2D eigenvalue weighted by Gasteiger charge is 2.25. The zero-order chi connectivity index (χ0) is 35.8. The molecule has 13 aromatic rings. The first-order valence-corrected chi connectivity index (χ1v) is 18.7. The van der Waals surface area contributed by atoms with Gasteiger partial charge in [0.1, 0.15) is 16.8 Å². The highest BCUT2D eigenvalue weighted by molar-refractivity contribution is 6.36. The van der Waals surface area contributed by atoms with Crippen molar-refractivity contribution in [2.75, 3.05) is 0 Å². The largest absolute Gasteiger partial charge is 0.452 e. The highest BCUT2D eigenvalue weighted by atomic mass is 16.3. The molecule has 0 bridgehead atoms. The molecule has 0 saturated heterocycles. The molecule has 8 aromatic carbocycles. The van der Waals surface area contributed by atoms with Crippen molar-refractivity contribution in [1.82, 2.24) is 18.9 Å². The molecule has 0 unspecified atom stereocenters. The van der Waals surface area contributed by atoms with Crippen LogP contribution in [-0.4, -0.2) is 18.9 Å². The summed E-state index contributed by atoms with van der Waals surface area (Å²) < 4.78 is 11.4. The van der Waals surface area contributed by atoms with E-state index in [-0.39, 0.29) is 0 Å². The Kier molecular flexibility index (Phi) is 5.57. The van der Waals surface area contributed by atoms with Gasteiger partial charge >= 0.3 is 0 Å². The SMILES string of the molecule is c1ccc(-c2nc(-c3ccc(-n4c5cc6ccccc6cc5c5c6c7ccccc7n7c8ccccc8c(cc54)c67)cc3)c3oc4ccccc4c3n2)cc1. The fourth-order valence-corrected chi connectivity index (χ4v) is 9.25. The second kappa shape index (κ2) is 10.6. The van der Waals surface area contributed by atoms with Crippen LogP contribution in [0.2, 0.25) is 0 Å². The van der Waals surface area contributed by atoms with Crippen molar-refractivity contribution in [1.29, 1.82) is 0 Å². The average Bonchev–Trinajstić information content (AvgIpc) is 3.98. The van der Waals surface area contributed by atoms with Crippen molar-refractivity contribution in [3.05, 3.63) is 170 Å². The van der Waals surface area contributed by atoms with Gasteiger partial charge in [-0.1, -0.05) is 115 Å². The molecule has 0 atom stereocenters. The maximum Gasteiger partial charge on any atom is 0.180 e. The van der Waals surface area contributed by atoms with E-state index in [2.05, 4.69) is 142 Å². The highest BCUT2D eigenvalue weighted by Crippen LogP contribution is 2.47. The molecule has 0 N–H and O–H groups in total. The lowest BCUT2D eigenvalue weighted by Gasteiger charge is -2.11. The minimum absolute atomic E-state index is 0.675. The van der Waals surface area contributed by atoms with Crippen LogP contribution in [0, 0.1) is 0 Å².